The number of hydrogen-bond acceptors (Lipinski definition) is 6. The first-order chi connectivity index (χ1) is 15.2. The predicted octanol–water partition coefficient (Wildman–Crippen LogP) is 1.77. The van der Waals surface area contributed by atoms with Gasteiger partial charge in [0.15, 0.2) is 0 Å². The van der Waals surface area contributed by atoms with E-state index in [4.69, 9.17) is 9.47 Å². The molecule has 0 radical (unpaired) electrons. The zero-order valence-electron chi connectivity index (χ0n) is 19.5. The number of ether oxygens (including phenoxy) is 2. The third kappa shape index (κ3) is 9.05. The highest BCUT2D eigenvalue weighted by Crippen LogP contribution is 2.20. The third-order valence-electron chi connectivity index (χ3n) is 4.80. The molecule has 1 aromatic carbocycles. The van der Waals surface area contributed by atoms with E-state index in [1.807, 2.05) is 44.2 Å². The SMILES string of the molecule is CCNC(=O)C(=O)[C@@H](NC(=O)[C@H](CC(C)C)NC(=O)OCCOC)C(C)c1ccccc1. The maximum absolute atomic E-state index is 13.1. The largest absolute Gasteiger partial charge is 0.447 e. The molecule has 0 saturated heterocycles. The fourth-order valence-electron chi connectivity index (χ4n) is 3.11. The van der Waals surface area contributed by atoms with E-state index in [-0.39, 0.29) is 25.7 Å². The maximum atomic E-state index is 13.1. The van der Waals surface area contributed by atoms with Gasteiger partial charge in [-0.1, -0.05) is 51.1 Å². The molecule has 0 aromatic heterocycles. The molecule has 9 heteroatoms. The van der Waals surface area contributed by atoms with Gasteiger partial charge in [0.2, 0.25) is 11.7 Å². The van der Waals surface area contributed by atoms with E-state index >= 15 is 0 Å². The minimum absolute atomic E-state index is 0.0433. The van der Waals surface area contributed by atoms with Gasteiger partial charge in [0, 0.05) is 19.6 Å². The Morgan fingerprint density at radius 3 is 2.19 bits per heavy atom. The molecule has 0 aliphatic carbocycles. The second kappa shape index (κ2) is 14.2. The van der Waals surface area contributed by atoms with Crippen LogP contribution in [0.1, 0.15) is 45.6 Å². The molecular weight excluding hydrogens is 414 g/mol. The molecule has 0 aliphatic rings. The Morgan fingerprint density at radius 1 is 0.969 bits per heavy atom. The quantitative estimate of drug-likeness (QED) is 0.312. The Hall–Kier alpha value is -2.94. The normalized spacial score (nSPS) is 13.6. The van der Waals surface area contributed by atoms with Gasteiger partial charge in [-0.3, -0.25) is 14.4 Å². The third-order valence-corrected chi connectivity index (χ3v) is 4.80. The zero-order chi connectivity index (χ0) is 24.1. The number of Topliss-reactive ketones (excluding diaryl/α,β-unsaturated/α-hetero) is 1. The molecule has 0 spiro atoms. The first kappa shape index (κ1) is 27.1. The van der Waals surface area contributed by atoms with Crippen LogP contribution in [0.25, 0.3) is 0 Å². The molecule has 9 nitrogen and oxygen atoms in total. The number of carbonyl (C=O) groups excluding carboxylic acids is 4. The second-order valence-corrected chi connectivity index (χ2v) is 7.86. The highest BCUT2D eigenvalue weighted by Gasteiger charge is 2.34. The molecule has 178 valence electrons. The summed E-state index contributed by atoms with van der Waals surface area (Å²) in [7, 11) is 1.48. The maximum Gasteiger partial charge on any atom is 0.407 e. The summed E-state index contributed by atoms with van der Waals surface area (Å²) in [6, 6.07) is 7.10. The molecular formula is C23H35N3O6. The van der Waals surface area contributed by atoms with Crippen molar-refractivity contribution in [3.63, 3.8) is 0 Å². The van der Waals surface area contributed by atoms with Crippen LogP contribution in [0.5, 0.6) is 0 Å². The summed E-state index contributed by atoms with van der Waals surface area (Å²) in [4.78, 5) is 50.3. The standard InChI is InChI=1S/C23H35N3O6/c1-6-24-22(29)20(27)19(16(4)17-10-8-7-9-11-17)26-21(28)18(14-15(2)3)25-23(30)32-13-12-31-5/h7-11,15-16,18-19H,6,12-14H2,1-5H3,(H,24,29)(H,25,30)(H,26,28)/t16?,18-,19-/m0/s1. The van der Waals surface area contributed by atoms with Crippen molar-refractivity contribution >= 4 is 23.7 Å². The molecule has 3 atom stereocenters. The van der Waals surface area contributed by atoms with Crippen LogP contribution in [0.4, 0.5) is 4.79 Å². The van der Waals surface area contributed by atoms with Gasteiger partial charge < -0.3 is 25.4 Å². The van der Waals surface area contributed by atoms with Gasteiger partial charge >= 0.3 is 6.09 Å². The molecule has 3 N–H and O–H groups in total. The second-order valence-electron chi connectivity index (χ2n) is 7.86. The molecule has 1 rings (SSSR count). The van der Waals surface area contributed by atoms with Crippen molar-refractivity contribution in [2.45, 2.75) is 52.1 Å². The van der Waals surface area contributed by atoms with Crippen LogP contribution in [-0.4, -0.2) is 62.6 Å². The number of carbonyl (C=O) groups is 4. The minimum Gasteiger partial charge on any atom is -0.447 e. The topological polar surface area (TPSA) is 123 Å². The van der Waals surface area contributed by atoms with Gasteiger partial charge in [-0.05, 0) is 24.8 Å². The Kier molecular flexibility index (Phi) is 12.0. The van der Waals surface area contributed by atoms with Crippen LogP contribution in [0.3, 0.4) is 0 Å². The van der Waals surface area contributed by atoms with Crippen molar-refractivity contribution in [3.05, 3.63) is 35.9 Å². The van der Waals surface area contributed by atoms with E-state index < -0.39 is 41.7 Å². The van der Waals surface area contributed by atoms with E-state index in [0.717, 1.165) is 5.56 Å². The molecule has 0 fully saturated rings. The van der Waals surface area contributed by atoms with Gasteiger partial charge in [-0.25, -0.2) is 4.79 Å². The molecule has 32 heavy (non-hydrogen) atoms. The monoisotopic (exact) mass is 449 g/mol. The molecule has 0 bridgehead atoms. The van der Waals surface area contributed by atoms with E-state index in [9.17, 15) is 19.2 Å². The first-order valence-electron chi connectivity index (χ1n) is 10.8. The van der Waals surface area contributed by atoms with Crippen molar-refractivity contribution in [1.82, 2.24) is 16.0 Å². The van der Waals surface area contributed by atoms with Crippen LogP contribution < -0.4 is 16.0 Å². The number of nitrogens with one attached hydrogen (secondary N) is 3. The molecule has 3 amide bonds. The lowest BCUT2D eigenvalue weighted by molar-refractivity contribution is -0.140. The molecule has 1 aromatic rings. The molecule has 1 unspecified atom stereocenters. The fraction of sp³-hybridized carbons (Fsp3) is 0.565. The highest BCUT2D eigenvalue weighted by atomic mass is 16.6. The lowest BCUT2D eigenvalue weighted by Crippen LogP contribution is -2.55. The summed E-state index contributed by atoms with van der Waals surface area (Å²) in [5.41, 5.74) is 0.794. The van der Waals surface area contributed by atoms with Crippen molar-refractivity contribution in [2.75, 3.05) is 26.9 Å². The van der Waals surface area contributed by atoms with Crippen molar-refractivity contribution in [2.24, 2.45) is 5.92 Å². The summed E-state index contributed by atoms with van der Waals surface area (Å²) in [5.74, 6) is -2.47. The van der Waals surface area contributed by atoms with E-state index in [2.05, 4.69) is 16.0 Å². The number of alkyl carbamates (subject to hydrolysis) is 1. The van der Waals surface area contributed by atoms with Gasteiger partial charge in [-0.2, -0.15) is 0 Å². The molecule has 0 saturated carbocycles. The Morgan fingerprint density at radius 2 is 1.62 bits per heavy atom. The van der Waals surface area contributed by atoms with E-state index in [1.54, 1.807) is 13.8 Å². The Bertz CT molecular complexity index is 753. The zero-order valence-corrected chi connectivity index (χ0v) is 19.5. The number of hydrogen-bond donors (Lipinski definition) is 3. The Balaban J connectivity index is 3.06. The van der Waals surface area contributed by atoms with E-state index in [0.29, 0.717) is 6.42 Å². The summed E-state index contributed by atoms with van der Waals surface area (Å²) >= 11 is 0. The lowest BCUT2D eigenvalue weighted by Gasteiger charge is -2.27. The van der Waals surface area contributed by atoms with Crippen LogP contribution in [0, 0.1) is 5.92 Å². The smallest absolute Gasteiger partial charge is 0.407 e. The molecule has 0 aliphatic heterocycles. The van der Waals surface area contributed by atoms with Crippen LogP contribution in [0.15, 0.2) is 30.3 Å². The van der Waals surface area contributed by atoms with Gasteiger partial charge in [0.05, 0.1) is 6.61 Å². The predicted molar refractivity (Wildman–Crippen MR) is 120 cm³/mol. The van der Waals surface area contributed by atoms with Gasteiger partial charge in [-0.15, -0.1) is 0 Å². The average Bonchev–Trinajstić information content (AvgIpc) is 2.76. The van der Waals surface area contributed by atoms with Gasteiger partial charge in [0.25, 0.3) is 5.91 Å². The number of ketones is 1. The van der Waals surface area contributed by atoms with Crippen LogP contribution >= 0.6 is 0 Å². The van der Waals surface area contributed by atoms with Crippen LogP contribution in [-0.2, 0) is 23.9 Å². The lowest BCUT2D eigenvalue weighted by atomic mass is 9.89. The number of likely N-dealkylation sites (N-methyl/N-ethyl adjacent to an activating group) is 1. The van der Waals surface area contributed by atoms with Gasteiger partial charge in [0.1, 0.15) is 18.7 Å². The highest BCUT2D eigenvalue weighted by molar-refractivity contribution is 6.38. The van der Waals surface area contributed by atoms with Crippen molar-refractivity contribution in [3.8, 4) is 0 Å². The van der Waals surface area contributed by atoms with Crippen LogP contribution in [0.2, 0.25) is 0 Å². The van der Waals surface area contributed by atoms with E-state index in [1.165, 1.54) is 7.11 Å². The summed E-state index contributed by atoms with van der Waals surface area (Å²) in [5, 5.41) is 7.72. The summed E-state index contributed by atoms with van der Waals surface area (Å²) in [6.45, 7) is 7.84. The number of benzene rings is 1. The number of methoxy groups -OCH3 is 1. The summed E-state index contributed by atoms with van der Waals surface area (Å²) in [6.07, 6.45) is -0.432. The fourth-order valence-corrected chi connectivity index (χ4v) is 3.11. The summed E-state index contributed by atoms with van der Waals surface area (Å²) < 4.78 is 9.84. The van der Waals surface area contributed by atoms with Crippen molar-refractivity contribution < 1.29 is 28.7 Å². The average molecular weight is 450 g/mol. The van der Waals surface area contributed by atoms with Crippen molar-refractivity contribution in [1.29, 1.82) is 0 Å². The number of amides is 3. The molecule has 0 heterocycles. The number of rotatable bonds is 13. The Labute approximate surface area is 189 Å². The first-order valence-corrected chi connectivity index (χ1v) is 10.8. The minimum atomic E-state index is -1.10.